The predicted octanol–water partition coefficient (Wildman–Crippen LogP) is 12.7. The van der Waals surface area contributed by atoms with Crippen LogP contribution < -0.4 is 0 Å². The van der Waals surface area contributed by atoms with Gasteiger partial charge in [-0.25, -0.2) is 0 Å². The van der Waals surface area contributed by atoms with Gasteiger partial charge in [-0.05, 0) is 0 Å². The Kier molecular flexibility index (Phi) is 22.8. The standard InChI is InChI=1S/C38H73O5PS/c1-5-9-13-17-18-19-20-21-22-23-24-28-34-44(31-25-14-10-6-2,32-26-15-11-7-3,33-27-16-12-8-4)43-45(41,42)38-35-36(39)29-30-37(38)40/h29-30,35,39-40H,5-28,31-34H2,1-4H3. The molecular formula is C38H73O5PS. The number of aromatic hydroxyl groups is 2. The van der Waals surface area contributed by atoms with Crippen LogP contribution in [0.5, 0.6) is 11.5 Å². The third-order valence-corrected chi connectivity index (χ3v) is 19.0. The van der Waals surface area contributed by atoms with Crippen molar-refractivity contribution < 1.29 is 22.6 Å². The number of phenolic OH excluding ortho intramolecular Hbond substituents is 2. The quantitative estimate of drug-likeness (QED) is 0.0466. The SMILES string of the molecule is CCCCCCCCCCCCCCP(CCCCCC)(CCCCCC)(CCCCCC)OS(=O)(=O)c1cc(O)ccc1O. The molecule has 0 aliphatic carbocycles. The van der Waals surface area contributed by atoms with Crippen molar-refractivity contribution in [3.63, 3.8) is 0 Å². The van der Waals surface area contributed by atoms with E-state index in [0.717, 1.165) is 121 Å². The number of hydrogen-bond donors (Lipinski definition) is 2. The fourth-order valence-corrected chi connectivity index (χ4v) is 16.8. The zero-order valence-corrected chi connectivity index (χ0v) is 31.7. The van der Waals surface area contributed by atoms with Gasteiger partial charge in [-0.1, -0.05) is 13.3 Å². The maximum absolute atomic E-state index is 14.2. The van der Waals surface area contributed by atoms with Crippen LogP contribution in [-0.2, 0) is 14.1 Å². The van der Waals surface area contributed by atoms with Gasteiger partial charge in [0.15, 0.2) is 0 Å². The van der Waals surface area contributed by atoms with Gasteiger partial charge in [0.05, 0.1) is 0 Å². The Bertz CT molecular complexity index is 946. The van der Waals surface area contributed by atoms with Crippen molar-refractivity contribution in [3.8, 4) is 11.5 Å². The van der Waals surface area contributed by atoms with Crippen LogP contribution in [0.25, 0.3) is 0 Å². The molecule has 0 aliphatic rings. The molecule has 1 aromatic carbocycles. The minimum atomic E-state index is -4.28. The van der Waals surface area contributed by atoms with Gasteiger partial charge in [0, 0.05) is 0 Å². The first kappa shape index (κ1) is 42.2. The summed E-state index contributed by atoms with van der Waals surface area (Å²) in [5.41, 5.74) is 0. The first-order valence-corrected chi connectivity index (χ1v) is 23.5. The van der Waals surface area contributed by atoms with Crippen LogP contribution in [0.15, 0.2) is 23.1 Å². The zero-order valence-electron chi connectivity index (χ0n) is 30.0. The second kappa shape index (κ2) is 24.3. The Balaban J connectivity index is 3.24. The molecular weight excluding hydrogens is 599 g/mol. The molecule has 0 radical (unpaired) electrons. The van der Waals surface area contributed by atoms with Crippen molar-refractivity contribution in [3.05, 3.63) is 18.2 Å². The topological polar surface area (TPSA) is 83.8 Å². The molecule has 5 nitrogen and oxygen atoms in total. The van der Waals surface area contributed by atoms with Gasteiger partial charge in [0.2, 0.25) is 0 Å². The van der Waals surface area contributed by atoms with Gasteiger partial charge in [0.1, 0.15) is 0 Å². The number of rotatable bonds is 31. The van der Waals surface area contributed by atoms with Gasteiger partial charge in [0.25, 0.3) is 0 Å². The van der Waals surface area contributed by atoms with E-state index in [1.54, 1.807) is 0 Å². The molecule has 1 aromatic rings. The number of unbranched alkanes of at least 4 members (excludes halogenated alkanes) is 20. The summed E-state index contributed by atoms with van der Waals surface area (Å²) in [6.07, 6.45) is 31.8. The normalized spacial score (nSPS) is 13.2. The van der Waals surface area contributed by atoms with Crippen LogP contribution >= 0.6 is 6.83 Å². The van der Waals surface area contributed by atoms with E-state index < -0.39 is 16.9 Å². The van der Waals surface area contributed by atoms with Crippen LogP contribution in [-0.4, -0.2) is 43.3 Å². The van der Waals surface area contributed by atoms with Crippen LogP contribution in [0.1, 0.15) is 182 Å². The molecule has 7 heteroatoms. The van der Waals surface area contributed by atoms with E-state index in [4.69, 9.17) is 3.97 Å². The van der Waals surface area contributed by atoms with E-state index in [0.29, 0.717) is 0 Å². The average molecular weight is 673 g/mol. The summed E-state index contributed by atoms with van der Waals surface area (Å²) in [5.74, 6) is -0.525. The van der Waals surface area contributed by atoms with E-state index in [1.165, 1.54) is 76.3 Å². The fraction of sp³-hybridized carbons (Fsp3) is 0.842. The molecule has 1 rings (SSSR count). The molecule has 266 valence electrons. The Morgan fingerprint density at radius 2 is 0.822 bits per heavy atom. The van der Waals surface area contributed by atoms with Crippen molar-refractivity contribution in [1.82, 2.24) is 0 Å². The zero-order chi connectivity index (χ0) is 33.3. The number of phenols is 2. The first-order chi connectivity index (χ1) is 21.7. The van der Waals surface area contributed by atoms with Crippen molar-refractivity contribution >= 4 is 16.9 Å². The van der Waals surface area contributed by atoms with Crippen LogP contribution in [0.3, 0.4) is 0 Å². The molecule has 0 unspecified atom stereocenters. The maximum atomic E-state index is 14.2. The minimum absolute atomic E-state index is 0.176. The first-order valence-electron chi connectivity index (χ1n) is 19.2. The van der Waals surface area contributed by atoms with E-state index in [2.05, 4.69) is 27.7 Å². The second-order valence-corrected chi connectivity index (χ2v) is 21.5. The van der Waals surface area contributed by atoms with E-state index in [-0.39, 0.29) is 16.4 Å². The molecule has 0 heterocycles. The molecule has 0 bridgehead atoms. The molecule has 0 saturated carbocycles. The molecule has 0 amide bonds. The van der Waals surface area contributed by atoms with Gasteiger partial charge in [-0.15, -0.1) is 0 Å². The summed E-state index contributed by atoms with van der Waals surface area (Å²) < 4.78 is 35.1. The fourth-order valence-electron chi connectivity index (χ4n) is 7.01. The Hall–Kier alpha value is -0.840. The molecule has 0 aromatic heterocycles. The third-order valence-electron chi connectivity index (χ3n) is 9.83. The van der Waals surface area contributed by atoms with Crippen molar-refractivity contribution in [2.75, 3.05) is 24.6 Å². The Morgan fingerprint density at radius 1 is 0.511 bits per heavy atom. The molecule has 0 atom stereocenters. The molecule has 0 fully saturated rings. The Morgan fingerprint density at radius 3 is 1.18 bits per heavy atom. The van der Waals surface area contributed by atoms with Crippen LogP contribution in [0, 0.1) is 0 Å². The molecule has 0 spiro atoms. The van der Waals surface area contributed by atoms with Gasteiger partial charge in [-0.3, -0.25) is 0 Å². The summed E-state index contributed by atoms with van der Waals surface area (Å²) in [7, 11) is -4.28. The Labute approximate surface area is 279 Å². The van der Waals surface area contributed by atoms with E-state index in [1.807, 2.05) is 0 Å². The van der Waals surface area contributed by atoms with Crippen molar-refractivity contribution in [1.29, 1.82) is 0 Å². The summed E-state index contributed by atoms with van der Waals surface area (Å²) in [4.78, 5) is -0.290. The predicted molar refractivity (Wildman–Crippen MR) is 198 cm³/mol. The summed E-state index contributed by atoms with van der Waals surface area (Å²) in [6.45, 7) is 5.67. The van der Waals surface area contributed by atoms with E-state index >= 15 is 0 Å². The molecule has 0 saturated heterocycles. The van der Waals surface area contributed by atoms with Crippen molar-refractivity contribution in [2.45, 2.75) is 187 Å². The second-order valence-electron chi connectivity index (χ2n) is 14.0. The number of hydrogen-bond acceptors (Lipinski definition) is 5. The third kappa shape index (κ3) is 17.2. The molecule has 0 aliphatic heterocycles. The van der Waals surface area contributed by atoms with Crippen molar-refractivity contribution in [2.24, 2.45) is 0 Å². The molecule has 45 heavy (non-hydrogen) atoms. The summed E-state index contributed by atoms with van der Waals surface area (Å²) in [5, 5.41) is 20.8. The van der Waals surface area contributed by atoms with E-state index in [9.17, 15) is 18.6 Å². The summed E-state index contributed by atoms with van der Waals surface area (Å²) in [6, 6.07) is 3.74. The molecule has 2 N–H and O–H groups in total. The summed E-state index contributed by atoms with van der Waals surface area (Å²) >= 11 is 0. The number of benzene rings is 1. The van der Waals surface area contributed by atoms with Crippen LogP contribution in [0.2, 0.25) is 0 Å². The van der Waals surface area contributed by atoms with Crippen LogP contribution in [0.4, 0.5) is 0 Å². The monoisotopic (exact) mass is 672 g/mol. The van der Waals surface area contributed by atoms with Gasteiger partial charge >= 0.3 is 267 Å². The average Bonchev–Trinajstić information content (AvgIpc) is 3.01. The van der Waals surface area contributed by atoms with Gasteiger partial charge < -0.3 is 0 Å². The van der Waals surface area contributed by atoms with Gasteiger partial charge in [-0.2, -0.15) is 0 Å².